The quantitative estimate of drug-likeness (QED) is 0.327. The number of hydrogen-bond acceptors (Lipinski definition) is 4. The average Bonchev–Trinajstić information content (AvgIpc) is 2.77. The zero-order chi connectivity index (χ0) is 20.2. The molecule has 2 aromatic heterocycles. The number of phenolic OH excluding ortho intramolecular Hbond substituents is 1. The van der Waals surface area contributed by atoms with Gasteiger partial charge in [-0.15, -0.1) is 24.8 Å². The van der Waals surface area contributed by atoms with Crippen molar-refractivity contribution in [1.29, 1.82) is 0 Å². The molecule has 0 spiro atoms. The molecule has 2 amide bonds. The predicted octanol–water partition coefficient (Wildman–Crippen LogP) is 5.74. The number of aromatic hydroxyl groups is 1. The van der Waals surface area contributed by atoms with Gasteiger partial charge in [0, 0.05) is 17.8 Å². The molecular formula is C22H19Cl3N4O2. The Morgan fingerprint density at radius 1 is 0.935 bits per heavy atom. The Labute approximate surface area is 196 Å². The highest BCUT2D eigenvalue weighted by atomic mass is 35.5. The number of urea groups is 1. The minimum absolute atomic E-state index is 0. The number of amides is 2. The smallest absolute Gasteiger partial charge is 0.320 e. The molecule has 160 valence electrons. The van der Waals surface area contributed by atoms with E-state index in [2.05, 4.69) is 20.6 Å². The van der Waals surface area contributed by atoms with Crippen molar-refractivity contribution < 1.29 is 9.90 Å². The summed E-state index contributed by atoms with van der Waals surface area (Å²) in [7, 11) is 0. The lowest BCUT2D eigenvalue weighted by atomic mass is 10.0. The largest absolute Gasteiger partial charge is 0.504 e. The lowest BCUT2D eigenvalue weighted by Crippen LogP contribution is -2.33. The van der Waals surface area contributed by atoms with E-state index in [1.54, 1.807) is 24.5 Å². The van der Waals surface area contributed by atoms with E-state index in [1.807, 2.05) is 48.5 Å². The molecule has 2 aromatic carbocycles. The summed E-state index contributed by atoms with van der Waals surface area (Å²) < 4.78 is 0. The number of halogens is 3. The second-order valence-electron chi connectivity index (χ2n) is 6.35. The number of pyridine rings is 2. The highest BCUT2D eigenvalue weighted by Gasteiger charge is 2.19. The summed E-state index contributed by atoms with van der Waals surface area (Å²) in [5.74, 6) is -0.144. The molecule has 31 heavy (non-hydrogen) atoms. The second kappa shape index (κ2) is 10.8. The number of phenols is 1. The fourth-order valence-electron chi connectivity index (χ4n) is 3.09. The number of fused-ring (bicyclic) bond motifs is 1. The Morgan fingerprint density at radius 3 is 2.35 bits per heavy atom. The highest BCUT2D eigenvalue weighted by Crippen LogP contribution is 2.36. The van der Waals surface area contributed by atoms with Crippen LogP contribution < -0.4 is 10.6 Å². The first-order valence-corrected chi connectivity index (χ1v) is 9.31. The fourth-order valence-corrected chi connectivity index (χ4v) is 3.35. The zero-order valence-corrected chi connectivity index (χ0v) is 18.4. The van der Waals surface area contributed by atoms with E-state index in [-0.39, 0.29) is 36.3 Å². The van der Waals surface area contributed by atoms with E-state index in [0.29, 0.717) is 21.6 Å². The molecule has 4 rings (SSSR count). The van der Waals surface area contributed by atoms with Gasteiger partial charge in [-0.05, 0) is 35.9 Å². The van der Waals surface area contributed by atoms with Crippen LogP contribution in [0.3, 0.4) is 0 Å². The predicted molar refractivity (Wildman–Crippen MR) is 128 cm³/mol. The van der Waals surface area contributed by atoms with Crippen LogP contribution in [0.4, 0.5) is 10.5 Å². The van der Waals surface area contributed by atoms with Crippen molar-refractivity contribution >= 4 is 59.0 Å². The maximum absolute atomic E-state index is 12.7. The van der Waals surface area contributed by atoms with Crippen LogP contribution in [0.1, 0.15) is 17.3 Å². The fraction of sp³-hybridized carbons (Fsp3) is 0.0455. The molecule has 0 radical (unpaired) electrons. The number of benzene rings is 2. The van der Waals surface area contributed by atoms with Crippen LogP contribution in [0.5, 0.6) is 5.75 Å². The van der Waals surface area contributed by atoms with Crippen LogP contribution in [0, 0.1) is 0 Å². The van der Waals surface area contributed by atoms with Gasteiger partial charge >= 0.3 is 6.03 Å². The molecule has 9 heteroatoms. The average molecular weight is 478 g/mol. The van der Waals surface area contributed by atoms with E-state index in [9.17, 15) is 9.90 Å². The first kappa shape index (κ1) is 24.2. The highest BCUT2D eigenvalue weighted by molar-refractivity contribution is 6.36. The van der Waals surface area contributed by atoms with E-state index >= 15 is 0 Å². The monoisotopic (exact) mass is 476 g/mol. The van der Waals surface area contributed by atoms with Crippen molar-refractivity contribution in [3.8, 4) is 5.75 Å². The maximum Gasteiger partial charge on any atom is 0.320 e. The molecule has 0 aliphatic rings. The lowest BCUT2D eigenvalue weighted by molar-refractivity contribution is 0.250. The number of nitrogens with zero attached hydrogens (tertiary/aromatic N) is 2. The molecule has 0 fully saturated rings. The van der Waals surface area contributed by atoms with Gasteiger partial charge in [0.2, 0.25) is 0 Å². The Balaban J connectivity index is 0.00000171. The zero-order valence-electron chi connectivity index (χ0n) is 16.0. The Bertz CT molecular complexity index is 1120. The summed E-state index contributed by atoms with van der Waals surface area (Å²) in [4.78, 5) is 21.3. The number of aromatic nitrogens is 2. The molecule has 0 saturated carbocycles. The van der Waals surface area contributed by atoms with Gasteiger partial charge in [-0.3, -0.25) is 9.97 Å². The van der Waals surface area contributed by atoms with Crippen LogP contribution in [0.2, 0.25) is 5.02 Å². The summed E-state index contributed by atoms with van der Waals surface area (Å²) >= 11 is 6.28. The third-order valence-electron chi connectivity index (χ3n) is 4.46. The van der Waals surface area contributed by atoms with Gasteiger partial charge in [0.15, 0.2) is 5.75 Å². The van der Waals surface area contributed by atoms with Crippen molar-refractivity contribution in [2.75, 3.05) is 5.32 Å². The van der Waals surface area contributed by atoms with E-state index < -0.39 is 12.1 Å². The van der Waals surface area contributed by atoms with Gasteiger partial charge in [0.25, 0.3) is 0 Å². The van der Waals surface area contributed by atoms with E-state index in [1.165, 1.54) is 6.07 Å². The molecule has 3 N–H and O–H groups in total. The SMILES string of the molecule is Cl.Cl.O=C(Nc1cc(Cl)c2cccnc2c1O)NC(c1ccccc1)c1ccccn1. The van der Waals surface area contributed by atoms with Gasteiger partial charge in [-0.2, -0.15) is 0 Å². The van der Waals surface area contributed by atoms with Crippen LogP contribution in [0.15, 0.2) is 79.1 Å². The molecule has 0 aliphatic carbocycles. The maximum atomic E-state index is 12.7. The number of rotatable bonds is 4. The summed E-state index contributed by atoms with van der Waals surface area (Å²) in [6.07, 6.45) is 3.22. The Kier molecular flexibility index (Phi) is 8.45. The Morgan fingerprint density at radius 2 is 1.65 bits per heavy atom. The molecule has 4 aromatic rings. The molecular weight excluding hydrogens is 459 g/mol. The van der Waals surface area contributed by atoms with Crippen LogP contribution in [0.25, 0.3) is 10.9 Å². The summed E-state index contributed by atoms with van der Waals surface area (Å²) in [5, 5.41) is 17.1. The van der Waals surface area contributed by atoms with Crippen LogP contribution in [-0.4, -0.2) is 21.1 Å². The topological polar surface area (TPSA) is 87.1 Å². The normalized spacial score (nSPS) is 11.0. The number of anilines is 1. The van der Waals surface area contributed by atoms with E-state index in [0.717, 1.165) is 5.56 Å². The number of carbonyl (C=O) groups is 1. The lowest BCUT2D eigenvalue weighted by Gasteiger charge is -2.19. The molecule has 0 aliphatic heterocycles. The molecule has 6 nitrogen and oxygen atoms in total. The molecule has 2 heterocycles. The van der Waals surface area contributed by atoms with Crippen molar-refractivity contribution in [2.45, 2.75) is 6.04 Å². The molecule has 1 unspecified atom stereocenters. The summed E-state index contributed by atoms with van der Waals surface area (Å²) in [5.41, 5.74) is 2.06. The van der Waals surface area contributed by atoms with Crippen molar-refractivity contribution in [1.82, 2.24) is 15.3 Å². The van der Waals surface area contributed by atoms with Gasteiger partial charge in [0.1, 0.15) is 5.52 Å². The number of nitrogens with one attached hydrogen (secondary N) is 2. The third kappa shape index (κ3) is 5.35. The van der Waals surface area contributed by atoms with Crippen molar-refractivity contribution in [3.05, 3.63) is 95.4 Å². The number of carbonyl (C=O) groups excluding carboxylic acids is 1. The summed E-state index contributed by atoms with van der Waals surface area (Å²) in [6.45, 7) is 0. The van der Waals surface area contributed by atoms with Gasteiger partial charge in [-0.25, -0.2) is 4.79 Å². The minimum atomic E-state index is -0.508. The second-order valence-corrected chi connectivity index (χ2v) is 6.76. The van der Waals surface area contributed by atoms with Crippen molar-refractivity contribution in [3.63, 3.8) is 0 Å². The standard InChI is InChI=1S/C22H17ClN4O2.2ClH/c23-16-13-18(21(28)20-15(16)9-6-12-25-20)26-22(29)27-19(14-7-2-1-3-8-14)17-10-4-5-11-24-17;;/h1-13,19,28H,(H2,26,27,29);2*1H. The Hall–Kier alpha value is -3.06. The van der Waals surface area contributed by atoms with Gasteiger partial charge in [-0.1, -0.05) is 48.0 Å². The van der Waals surface area contributed by atoms with E-state index in [4.69, 9.17) is 11.6 Å². The molecule has 1 atom stereocenters. The molecule has 0 bridgehead atoms. The first-order valence-electron chi connectivity index (χ1n) is 8.93. The summed E-state index contributed by atoms with van der Waals surface area (Å²) in [6, 6.07) is 19.0. The first-order chi connectivity index (χ1) is 14.1. The van der Waals surface area contributed by atoms with Crippen molar-refractivity contribution in [2.24, 2.45) is 0 Å². The number of hydrogen-bond donors (Lipinski definition) is 3. The van der Waals surface area contributed by atoms with Gasteiger partial charge in [0.05, 0.1) is 22.4 Å². The van der Waals surface area contributed by atoms with Crippen LogP contribution >= 0.6 is 36.4 Å². The molecule has 0 saturated heterocycles. The van der Waals surface area contributed by atoms with Gasteiger partial charge < -0.3 is 15.7 Å². The minimum Gasteiger partial charge on any atom is -0.504 e. The third-order valence-corrected chi connectivity index (χ3v) is 4.77. The van der Waals surface area contributed by atoms with Crippen LogP contribution in [-0.2, 0) is 0 Å².